The number of ether oxygens (including phenoxy) is 1. The molecule has 0 rings (SSSR count). The number of halogens is 2. The SMILES string of the molecule is COC(C)C(F)(F)C(C)C. The number of hydrogen-bond donors (Lipinski definition) is 0. The van der Waals surface area contributed by atoms with Gasteiger partial charge in [0, 0.05) is 13.0 Å². The number of alkyl halides is 2. The summed E-state index contributed by atoms with van der Waals surface area (Å²) in [4.78, 5) is 0. The molecule has 0 aliphatic rings. The Bertz CT molecular complexity index is 102. The number of hydrogen-bond acceptors (Lipinski definition) is 1. The first kappa shape index (κ1) is 9.82. The van der Waals surface area contributed by atoms with Gasteiger partial charge in [0.05, 0.1) is 0 Å². The second-order valence-electron chi connectivity index (χ2n) is 2.71. The maximum Gasteiger partial charge on any atom is 0.275 e. The summed E-state index contributed by atoms with van der Waals surface area (Å²) >= 11 is 0. The smallest absolute Gasteiger partial charge is 0.275 e. The summed E-state index contributed by atoms with van der Waals surface area (Å²) in [6.07, 6.45) is -0.993. The molecule has 0 heterocycles. The van der Waals surface area contributed by atoms with E-state index in [0.717, 1.165) is 0 Å². The molecule has 0 amide bonds. The van der Waals surface area contributed by atoms with Crippen LogP contribution < -0.4 is 0 Å². The zero-order valence-electron chi connectivity index (χ0n) is 6.82. The van der Waals surface area contributed by atoms with Crippen molar-refractivity contribution in [2.75, 3.05) is 7.11 Å². The van der Waals surface area contributed by atoms with Crippen LogP contribution >= 0.6 is 0 Å². The Balaban J connectivity index is 4.09. The predicted octanol–water partition coefficient (Wildman–Crippen LogP) is 2.31. The van der Waals surface area contributed by atoms with Gasteiger partial charge in [0.15, 0.2) is 0 Å². The van der Waals surface area contributed by atoms with Crippen molar-refractivity contribution in [3.63, 3.8) is 0 Å². The van der Waals surface area contributed by atoms with Crippen molar-refractivity contribution in [1.29, 1.82) is 0 Å². The topological polar surface area (TPSA) is 9.23 Å². The average Bonchev–Trinajstić information content (AvgIpc) is 1.86. The fraction of sp³-hybridized carbons (Fsp3) is 1.00. The molecule has 0 aliphatic carbocycles. The molecule has 0 N–H and O–H groups in total. The molecule has 1 nitrogen and oxygen atoms in total. The van der Waals surface area contributed by atoms with Gasteiger partial charge in [-0.15, -0.1) is 0 Å². The van der Waals surface area contributed by atoms with Crippen LogP contribution in [0.5, 0.6) is 0 Å². The highest BCUT2D eigenvalue weighted by Crippen LogP contribution is 2.28. The number of methoxy groups -OCH3 is 1. The maximum atomic E-state index is 12.8. The standard InChI is InChI=1S/C7H14F2O/c1-5(2)7(8,9)6(3)10-4/h5-6H,1-4H3. The van der Waals surface area contributed by atoms with Crippen molar-refractivity contribution in [2.45, 2.75) is 32.8 Å². The molecular weight excluding hydrogens is 138 g/mol. The van der Waals surface area contributed by atoms with Crippen LogP contribution in [0.3, 0.4) is 0 Å². The zero-order valence-corrected chi connectivity index (χ0v) is 6.82. The van der Waals surface area contributed by atoms with E-state index in [-0.39, 0.29) is 0 Å². The fourth-order valence-corrected chi connectivity index (χ4v) is 0.627. The van der Waals surface area contributed by atoms with E-state index in [4.69, 9.17) is 0 Å². The normalized spacial score (nSPS) is 15.9. The van der Waals surface area contributed by atoms with Gasteiger partial charge in [0.2, 0.25) is 0 Å². The average molecular weight is 152 g/mol. The van der Waals surface area contributed by atoms with E-state index in [1.54, 1.807) is 0 Å². The summed E-state index contributed by atoms with van der Waals surface area (Å²) in [6.45, 7) is 4.34. The van der Waals surface area contributed by atoms with Crippen molar-refractivity contribution in [3.8, 4) is 0 Å². The van der Waals surface area contributed by atoms with Crippen molar-refractivity contribution in [3.05, 3.63) is 0 Å². The maximum absolute atomic E-state index is 12.8. The molecule has 10 heavy (non-hydrogen) atoms. The highest BCUT2D eigenvalue weighted by molar-refractivity contribution is 4.76. The second kappa shape index (κ2) is 3.28. The highest BCUT2D eigenvalue weighted by Gasteiger charge is 2.39. The van der Waals surface area contributed by atoms with Crippen molar-refractivity contribution in [1.82, 2.24) is 0 Å². The van der Waals surface area contributed by atoms with Crippen LogP contribution in [0.25, 0.3) is 0 Å². The summed E-state index contributed by atoms with van der Waals surface area (Å²) in [5.74, 6) is -3.38. The summed E-state index contributed by atoms with van der Waals surface area (Å²) in [5.41, 5.74) is 0. The van der Waals surface area contributed by atoms with Crippen LogP contribution in [0.1, 0.15) is 20.8 Å². The van der Waals surface area contributed by atoms with Gasteiger partial charge in [-0.2, -0.15) is 0 Å². The lowest BCUT2D eigenvalue weighted by molar-refractivity contribution is -0.144. The van der Waals surface area contributed by atoms with Crippen molar-refractivity contribution < 1.29 is 13.5 Å². The Kier molecular flexibility index (Phi) is 3.22. The molecular formula is C7H14F2O. The molecule has 0 bridgehead atoms. The summed E-state index contributed by atoms with van der Waals surface area (Å²) in [6, 6.07) is 0. The summed E-state index contributed by atoms with van der Waals surface area (Å²) < 4.78 is 30.2. The molecule has 0 radical (unpaired) electrons. The quantitative estimate of drug-likeness (QED) is 0.603. The lowest BCUT2D eigenvalue weighted by Crippen LogP contribution is -2.37. The van der Waals surface area contributed by atoms with E-state index in [1.807, 2.05) is 0 Å². The minimum Gasteiger partial charge on any atom is -0.375 e. The summed E-state index contributed by atoms with van der Waals surface area (Å²) in [7, 11) is 1.29. The lowest BCUT2D eigenvalue weighted by Gasteiger charge is -2.25. The van der Waals surface area contributed by atoms with Crippen LogP contribution in [0.2, 0.25) is 0 Å². The first-order valence-electron chi connectivity index (χ1n) is 3.33. The van der Waals surface area contributed by atoms with E-state index in [2.05, 4.69) is 4.74 Å². The van der Waals surface area contributed by atoms with E-state index in [9.17, 15) is 8.78 Å². The molecule has 0 aromatic carbocycles. The Labute approximate surface area is 60.4 Å². The van der Waals surface area contributed by atoms with Gasteiger partial charge in [-0.25, -0.2) is 8.78 Å². The van der Waals surface area contributed by atoms with Crippen LogP contribution in [0, 0.1) is 5.92 Å². The third kappa shape index (κ3) is 1.90. The molecule has 1 unspecified atom stereocenters. The van der Waals surface area contributed by atoms with E-state index in [1.165, 1.54) is 27.9 Å². The molecule has 0 aromatic heterocycles. The Hall–Kier alpha value is -0.180. The molecule has 1 atom stereocenters. The van der Waals surface area contributed by atoms with E-state index < -0.39 is 17.9 Å². The molecule has 0 spiro atoms. The van der Waals surface area contributed by atoms with Crippen molar-refractivity contribution in [2.24, 2.45) is 5.92 Å². The van der Waals surface area contributed by atoms with Crippen LogP contribution in [0.15, 0.2) is 0 Å². The number of rotatable bonds is 3. The third-order valence-electron chi connectivity index (χ3n) is 1.67. The second-order valence-corrected chi connectivity index (χ2v) is 2.71. The zero-order chi connectivity index (χ0) is 8.36. The highest BCUT2D eigenvalue weighted by atomic mass is 19.3. The van der Waals surface area contributed by atoms with Crippen LogP contribution in [-0.4, -0.2) is 19.1 Å². The summed E-state index contributed by atoms with van der Waals surface area (Å²) in [5, 5.41) is 0. The molecule has 0 saturated carbocycles. The minimum absolute atomic E-state index is 0.664. The Morgan fingerprint density at radius 2 is 1.60 bits per heavy atom. The van der Waals surface area contributed by atoms with Crippen LogP contribution in [0.4, 0.5) is 8.78 Å². The first-order valence-corrected chi connectivity index (χ1v) is 3.33. The van der Waals surface area contributed by atoms with Gasteiger partial charge < -0.3 is 4.74 Å². The van der Waals surface area contributed by atoms with Gasteiger partial charge in [0.25, 0.3) is 5.92 Å². The molecule has 0 saturated heterocycles. The third-order valence-corrected chi connectivity index (χ3v) is 1.67. The fourth-order valence-electron chi connectivity index (χ4n) is 0.627. The largest absolute Gasteiger partial charge is 0.375 e. The molecule has 62 valence electrons. The lowest BCUT2D eigenvalue weighted by atomic mass is 10.0. The van der Waals surface area contributed by atoms with Gasteiger partial charge in [-0.1, -0.05) is 13.8 Å². The Morgan fingerprint density at radius 3 is 1.70 bits per heavy atom. The monoisotopic (exact) mass is 152 g/mol. The van der Waals surface area contributed by atoms with Crippen LogP contribution in [-0.2, 0) is 4.74 Å². The first-order chi connectivity index (χ1) is 4.42. The predicted molar refractivity (Wildman–Crippen MR) is 36.3 cm³/mol. The minimum atomic E-state index is -2.71. The van der Waals surface area contributed by atoms with Gasteiger partial charge in [-0.3, -0.25) is 0 Å². The van der Waals surface area contributed by atoms with E-state index >= 15 is 0 Å². The van der Waals surface area contributed by atoms with Gasteiger partial charge in [0.1, 0.15) is 6.10 Å². The molecule has 3 heteroatoms. The molecule has 0 fully saturated rings. The molecule has 0 aromatic rings. The van der Waals surface area contributed by atoms with Gasteiger partial charge in [-0.05, 0) is 6.92 Å². The van der Waals surface area contributed by atoms with Crippen molar-refractivity contribution >= 4 is 0 Å². The Morgan fingerprint density at radius 1 is 1.20 bits per heavy atom. The van der Waals surface area contributed by atoms with Gasteiger partial charge >= 0.3 is 0 Å². The van der Waals surface area contributed by atoms with E-state index in [0.29, 0.717) is 0 Å². The molecule has 0 aliphatic heterocycles.